The van der Waals surface area contributed by atoms with Crippen LogP contribution in [0.5, 0.6) is 0 Å². The minimum atomic E-state index is -3.23. The first-order chi connectivity index (χ1) is 6.00. The standard InChI is InChI=1S/C9H11NO2S/c1-6-3-4-8-7(2)10-13(11,12)9(8)5-6/h3-5,7,10H,1-2H3/t7-/m1/s1. The summed E-state index contributed by atoms with van der Waals surface area (Å²) in [4.78, 5) is 0.431. The van der Waals surface area contributed by atoms with E-state index in [2.05, 4.69) is 4.72 Å². The monoisotopic (exact) mass is 197 g/mol. The van der Waals surface area contributed by atoms with E-state index >= 15 is 0 Å². The van der Waals surface area contributed by atoms with Gasteiger partial charge in [-0.15, -0.1) is 0 Å². The van der Waals surface area contributed by atoms with E-state index in [9.17, 15) is 8.42 Å². The molecule has 70 valence electrons. The van der Waals surface area contributed by atoms with Crippen LogP contribution in [-0.2, 0) is 10.0 Å². The molecule has 1 heterocycles. The summed E-state index contributed by atoms with van der Waals surface area (Å²) < 4.78 is 25.6. The van der Waals surface area contributed by atoms with Gasteiger partial charge in [-0.25, -0.2) is 13.1 Å². The van der Waals surface area contributed by atoms with E-state index in [0.29, 0.717) is 4.90 Å². The van der Waals surface area contributed by atoms with Gasteiger partial charge < -0.3 is 0 Å². The number of fused-ring (bicyclic) bond motifs is 1. The van der Waals surface area contributed by atoms with E-state index in [1.807, 2.05) is 26.0 Å². The van der Waals surface area contributed by atoms with Crippen LogP contribution in [-0.4, -0.2) is 8.42 Å². The molecule has 0 saturated heterocycles. The number of hydrogen-bond donors (Lipinski definition) is 1. The second-order valence-electron chi connectivity index (χ2n) is 3.38. The summed E-state index contributed by atoms with van der Waals surface area (Å²) in [6, 6.07) is 5.41. The van der Waals surface area contributed by atoms with Crippen LogP contribution in [0.25, 0.3) is 0 Å². The van der Waals surface area contributed by atoms with Crippen LogP contribution in [0.1, 0.15) is 24.1 Å². The van der Waals surface area contributed by atoms with Crippen molar-refractivity contribution < 1.29 is 8.42 Å². The molecule has 2 rings (SSSR count). The smallest absolute Gasteiger partial charge is 0.207 e. The van der Waals surface area contributed by atoms with Crippen molar-refractivity contribution >= 4 is 10.0 Å². The first-order valence-corrected chi connectivity index (χ1v) is 5.62. The van der Waals surface area contributed by atoms with Crippen LogP contribution in [0.4, 0.5) is 0 Å². The fraction of sp³-hybridized carbons (Fsp3) is 0.333. The largest absolute Gasteiger partial charge is 0.241 e. The van der Waals surface area contributed by atoms with Crippen molar-refractivity contribution in [2.24, 2.45) is 0 Å². The third-order valence-electron chi connectivity index (χ3n) is 2.26. The molecule has 0 radical (unpaired) electrons. The predicted molar refractivity (Wildman–Crippen MR) is 49.9 cm³/mol. The maximum atomic E-state index is 11.5. The van der Waals surface area contributed by atoms with E-state index in [0.717, 1.165) is 11.1 Å². The van der Waals surface area contributed by atoms with Crippen molar-refractivity contribution in [2.45, 2.75) is 24.8 Å². The second kappa shape index (κ2) is 2.56. The zero-order valence-electron chi connectivity index (χ0n) is 7.53. The van der Waals surface area contributed by atoms with Gasteiger partial charge >= 0.3 is 0 Å². The summed E-state index contributed by atoms with van der Waals surface area (Å²) in [6.07, 6.45) is 0. The lowest BCUT2D eigenvalue weighted by molar-refractivity contribution is 0.582. The zero-order valence-corrected chi connectivity index (χ0v) is 8.35. The number of sulfonamides is 1. The Morgan fingerprint density at radius 1 is 1.38 bits per heavy atom. The average Bonchev–Trinajstić information content (AvgIpc) is 2.23. The summed E-state index contributed by atoms with van der Waals surface area (Å²) >= 11 is 0. The van der Waals surface area contributed by atoms with Crippen molar-refractivity contribution in [1.82, 2.24) is 4.72 Å². The molecule has 1 N–H and O–H groups in total. The fourth-order valence-corrected chi connectivity index (χ4v) is 3.21. The number of hydrogen-bond acceptors (Lipinski definition) is 2. The van der Waals surface area contributed by atoms with E-state index in [-0.39, 0.29) is 6.04 Å². The first kappa shape index (κ1) is 8.72. The fourth-order valence-electron chi connectivity index (χ4n) is 1.59. The molecule has 1 aliphatic rings. The van der Waals surface area contributed by atoms with E-state index in [1.165, 1.54) is 0 Å². The Hall–Kier alpha value is -0.870. The molecule has 1 aromatic carbocycles. The van der Waals surface area contributed by atoms with Crippen molar-refractivity contribution in [3.8, 4) is 0 Å². The highest BCUT2D eigenvalue weighted by Gasteiger charge is 2.30. The highest BCUT2D eigenvalue weighted by atomic mass is 32.2. The average molecular weight is 197 g/mol. The van der Waals surface area contributed by atoms with Gasteiger partial charge in [-0.2, -0.15) is 0 Å². The predicted octanol–water partition coefficient (Wildman–Crippen LogP) is 1.35. The Balaban J connectivity index is 2.74. The van der Waals surface area contributed by atoms with Gasteiger partial charge in [0.2, 0.25) is 10.0 Å². The summed E-state index contributed by atoms with van der Waals surface area (Å²) in [7, 11) is -3.23. The van der Waals surface area contributed by atoms with E-state index in [1.54, 1.807) is 6.07 Å². The van der Waals surface area contributed by atoms with Crippen molar-refractivity contribution in [1.29, 1.82) is 0 Å². The van der Waals surface area contributed by atoms with Gasteiger partial charge in [0.05, 0.1) is 4.90 Å². The topological polar surface area (TPSA) is 46.2 Å². The minimum absolute atomic E-state index is 0.0967. The molecule has 0 amide bonds. The lowest BCUT2D eigenvalue weighted by Gasteiger charge is -2.00. The molecular formula is C9H11NO2S. The lowest BCUT2D eigenvalue weighted by atomic mass is 10.1. The molecule has 1 aromatic rings. The van der Waals surface area contributed by atoms with Crippen LogP contribution < -0.4 is 4.72 Å². The Morgan fingerprint density at radius 3 is 2.77 bits per heavy atom. The van der Waals surface area contributed by atoms with Gasteiger partial charge in [0.1, 0.15) is 0 Å². The Morgan fingerprint density at radius 2 is 2.08 bits per heavy atom. The normalized spacial score (nSPS) is 24.3. The van der Waals surface area contributed by atoms with Crippen molar-refractivity contribution in [3.05, 3.63) is 29.3 Å². The molecular weight excluding hydrogens is 186 g/mol. The molecule has 3 nitrogen and oxygen atoms in total. The molecule has 13 heavy (non-hydrogen) atoms. The van der Waals surface area contributed by atoms with Gasteiger partial charge in [-0.3, -0.25) is 0 Å². The van der Waals surface area contributed by atoms with Crippen molar-refractivity contribution in [2.75, 3.05) is 0 Å². The molecule has 1 aliphatic heterocycles. The van der Waals surface area contributed by atoms with Crippen LogP contribution >= 0.6 is 0 Å². The quantitative estimate of drug-likeness (QED) is 0.682. The van der Waals surface area contributed by atoms with Crippen LogP contribution in [0.2, 0.25) is 0 Å². The summed E-state index contributed by atoms with van der Waals surface area (Å²) in [5.74, 6) is 0. The second-order valence-corrected chi connectivity index (χ2v) is 5.07. The van der Waals surface area contributed by atoms with Gasteiger partial charge in [0.25, 0.3) is 0 Å². The van der Waals surface area contributed by atoms with E-state index < -0.39 is 10.0 Å². The Kier molecular flexibility index (Phi) is 1.72. The molecule has 4 heteroatoms. The third kappa shape index (κ3) is 1.26. The SMILES string of the molecule is Cc1ccc2c(c1)S(=O)(=O)N[C@@H]2C. The van der Waals surface area contributed by atoms with Crippen LogP contribution in [0, 0.1) is 6.92 Å². The molecule has 0 aromatic heterocycles. The molecule has 0 spiro atoms. The highest BCUT2D eigenvalue weighted by Crippen LogP contribution is 2.30. The minimum Gasteiger partial charge on any atom is -0.207 e. The molecule has 0 saturated carbocycles. The maximum Gasteiger partial charge on any atom is 0.241 e. The van der Waals surface area contributed by atoms with E-state index in [4.69, 9.17) is 0 Å². The van der Waals surface area contributed by atoms with Crippen LogP contribution in [0.3, 0.4) is 0 Å². The molecule has 0 fully saturated rings. The van der Waals surface area contributed by atoms with Gasteiger partial charge in [-0.1, -0.05) is 12.1 Å². The molecule has 0 aliphatic carbocycles. The summed E-state index contributed by atoms with van der Waals surface area (Å²) in [5, 5.41) is 0. The highest BCUT2D eigenvalue weighted by molar-refractivity contribution is 7.89. The first-order valence-electron chi connectivity index (χ1n) is 4.13. The lowest BCUT2D eigenvalue weighted by Crippen LogP contribution is -2.17. The number of nitrogens with one attached hydrogen (secondary N) is 1. The van der Waals surface area contributed by atoms with Gasteiger partial charge in [0.15, 0.2) is 0 Å². The number of benzene rings is 1. The summed E-state index contributed by atoms with van der Waals surface area (Å²) in [5.41, 5.74) is 1.84. The Labute approximate surface area is 77.8 Å². The Bertz CT molecular complexity index is 451. The maximum absolute atomic E-state index is 11.5. The van der Waals surface area contributed by atoms with Gasteiger partial charge in [-0.05, 0) is 31.0 Å². The summed E-state index contributed by atoms with van der Waals surface area (Å²) in [6.45, 7) is 3.73. The number of aryl methyl sites for hydroxylation is 1. The molecule has 1 atom stereocenters. The molecule has 0 bridgehead atoms. The molecule has 0 unspecified atom stereocenters. The zero-order chi connectivity index (χ0) is 9.64. The number of rotatable bonds is 0. The van der Waals surface area contributed by atoms with Crippen LogP contribution in [0.15, 0.2) is 23.1 Å². The van der Waals surface area contributed by atoms with Crippen molar-refractivity contribution in [3.63, 3.8) is 0 Å². The van der Waals surface area contributed by atoms with Gasteiger partial charge in [0, 0.05) is 6.04 Å². The third-order valence-corrected chi connectivity index (χ3v) is 3.85.